The van der Waals surface area contributed by atoms with Gasteiger partial charge in [0.15, 0.2) is 6.61 Å². The molecule has 0 saturated carbocycles. The highest BCUT2D eigenvalue weighted by Gasteiger charge is 2.12. The molecular weight excluding hydrogens is 364 g/mol. The van der Waals surface area contributed by atoms with Crippen LogP contribution in [0.15, 0.2) is 48.8 Å². The first-order chi connectivity index (χ1) is 13.6. The van der Waals surface area contributed by atoms with Crippen LogP contribution in [-0.4, -0.2) is 41.1 Å². The quantitative estimate of drug-likeness (QED) is 0.469. The van der Waals surface area contributed by atoms with Crippen molar-refractivity contribution in [3.8, 4) is 11.6 Å². The number of non-ortho nitro benzene ring substituents is 1. The number of benzene rings is 2. The van der Waals surface area contributed by atoms with Crippen molar-refractivity contribution in [2.75, 3.05) is 20.3 Å². The lowest BCUT2D eigenvalue weighted by atomic mass is 10.1. The molecule has 3 rings (SSSR count). The first-order valence-electron chi connectivity index (χ1n) is 8.48. The van der Waals surface area contributed by atoms with Crippen LogP contribution < -0.4 is 14.8 Å². The monoisotopic (exact) mass is 382 g/mol. The van der Waals surface area contributed by atoms with E-state index in [0.717, 1.165) is 11.3 Å². The number of methoxy groups -OCH3 is 1. The predicted octanol–water partition coefficient (Wildman–Crippen LogP) is 2.28. The molecule has 0 aliphatic rings. The fourth-order valence-electron chi connectivity index (χ4n) is 2.57. The van der Waals surface area contributed by atoms with Gasteiger partial charge in [-0.05, 0) is 30.2 Å². The second-order valence-electron chi connectivity index (χ2n) is 5.87. The van der Waals surface area contributed by atoms with Crippen LogP contribution in [0.1, 0.15) is 5.56 Å². The molecule has 0 spiro atoms. The highest BCUT2D eigenvalue weighted by atomic mass is 16.6. The molecule has 3 aromatic rings. The van der Waals surface area contributed by atoms with E-state index in [1.807, 2.05) is 24.3 Å². The number of fused-ring (bicyclic) bond motifs is 1. The van der Waals surface area contributed by atoms with Crippen molar-refractivity contribution >= 4 is 22.5 Å². The van der Waals surface area contributed by atoms with Gasteiger partial charge in [0.2, 0.25) is 5.88 Å². The van der Waals surface area contributed by atoms with E-state index in [0.29, 0.717) is 23.9 Å². The topological polar surface area (TPSA) is 116 Å². The second kappa shape index (κ2) is 8.76. The zero-order chi connectivity index (χ0) is 19.9. The molecule has 9 nitrogen and oxygen atoms in total. The standard InChI is InChI=1S/C19H18N4O5/c1-27-15-5-2-13(3-6-15)8-9-20-18(24)11-28-19-16-10-14(23(25)26)4-7-17(16)21-12-22-19/h2-7,10,12H,8-9,11H2,1H3,(H,20,24). The summed E-state index contributed by atoms with van der Waals surface area (Å²) in [5.41, 5.74) is 1.46. The molecular formula is C19H18N4O5. The van der Waals surface area contributed by atoms with Crippen molar-refractivity contribution in [1.29, 1.82) is 0 Å². The number of amides is 1. The van der Waals surface area contributed by atoms with Crippen molar-refractivity contribution in [1.82, 2.24) is 15.3 Å². The largest absolute Gasteiger partial charge is 0.497 e. The Labute approximate surface area is 160 Å². The molecule has 0 atom stereocenters. The summed E-state index contributed by atoms with van der Waals surface area (Å²) in [5.74, 6) is 0.586. The lowest BCUT2D eigenvalue weighted by Crippen LogP contribution is -2.30. The summed E-state index contributed by atoms with van der Waals surface area (Å²) in [6, 6.07) is 11.8. The van der Waals surface area contributed by atoms with Gasteiger partial charge in [-0.2, -0.15) is 0 Å². The Bertz CT molecular complexity index is 991. The molecule has 1 N–H and O–H groups in total. The fraction of sp³-hybridized carbons (Fsp3) is 0.211. The summed E-state index contributed by atoms with van der Waals surface area (Å²) in [5, 5.41) is 14.1. The van der Waals surface area contributed by atoms with Crippen LogP contribution in [0.2, 0.25) is 0 Å². The zero-order valence-corrected chi connectivity index (χ0v) is 15.1. The number of aromatic nitrogens is 2. The molecule has 0 fully saturated rings. The number of nitro benzene ring substituents is 1. The van der Waals surface area contributed by atoms with E-state index < -0.39 is 4.92 Å². The van der Waals surface area contributed by atoms with Crippen LogP contribution in [0, 0.1) is 10.1 Å². The molecule has 0 bridgehead atoms. The minimum Gasteiger partial charge on any atom is -0.497 e. The zero-order valence-electron chi connectivity index (χ0n) is 15.1. The number of rotatable bonds is 8. The van der Waals surface area contributed by atoms with Gasteiger partial charge >= 0.3 is 0 Å². The van der Waals surface area contributed by atoms with Gasteiger partial charge in [-0.1, -0.05) is 12.1 Å². The minimum absolute atomic E-state index is 0.101. The number of nitro groups is 1. The van der Waals surface area contributed by atoms with Gasteiger partial charge in [-0.15, -0.1) is 0 Å². The average Bonchev–Trinajstić information content (AvgIpc) is 2.72. The Kier molecular flexibility index (Phi) is 5.95. The minimum atomic E-state index is -0.512. The maximum atomic E-state index is 12.0. The smallest absolute Gasteiger partial charge is 0.270 e. The number of nitrogens with one attached hydrogen (secondary N) is 1. The molecule has 144 valence electrons. The van der Waals surface area contributed by atoms with E-state index in [9.17, 15) is 14.9 Å². The molecule has 2 aromatic carbocycles. The van der Waals surface area contributed by atoms with E-state index >= 15 is 0 Å². The molecule has 1 amide bonds. The Morgan fingerprint density at radius 3 is 2.68 bits per heavy atom. The first kappa shape index (κ1) is 19.0. The molecule has 0 unspecified atom stereocenters. The summed E-state index contributed by atoms with van der Waals surface area (Å²) >= 11 is 0. The number of hydrogen-bond acceptors (Lipinski definition) is 7. The summed E-state index contributed by atoms with van der Waals surface area (Å²) in [4.78, 5) is 30.5. The average molecular weight is 382 g/mol. The van der Waals surface area contributed by atoms with Gasteiger partial charge in [0.25, 0.3) is 11.6 Å². The summed E-state index contributed by atoms with van der Waals surface area (Å²) in [6.45, 7) is 0.196. The van der Waals surface area contributed by atoms with Gasteiger partial charge in [0, 0.05) is 18.7 Å². The third kappa shape index (κ3) is 4.70. The fourth-order valence-corrected chi connectivity index (χ4v) is 2.57. The van der Waals surface area contributed by atoms with Gasteiger partial charge < -0.3 is 14.8 Å². The Hall–Kier alpha value is -3.75. The highest BCUT2D eigenvalue weighted by molar-refractivity contribution is 5.86. The van der Waals surface area contributed by atoms with E-state index in [2.05, 4.69) is 15.3 Å². The van der Waals surface area contributed by atoms with Crippen LogP contribution in [0.25, 0.3) is 10.9 Å². The molecule has 0 aliphatic carbocycles. The van der Waals surface area contributed by atoms with Gasteiger partial charge in [-0.3, -0.25) is 14.9 Å². The van der Waals surface area contributed by atoms with Crippen LogP contribution in [-0.2, 0) is 11.2 Å². The van der Waals surface area contributed by atoms with Crippen molar-refractivity contribution in [2.24, 2.45) is 0 Å². The molecule has 28 heavy (non-hydrogen) atoms. The first-order valence-corrected chi connectivity index (χ1v) is 8.48. The van der Waals surface area contributed by atoms with Crippen LogP contribution in [0.3, 0.4) is 0 Å². The van der Waals surface area contributed by atoms with E-state index in [-0.39, 0.29) is 24.1 Å². The molecule has 1 heterocycles. The maximum Gasteiger partial charge on any atom is 0.270 e. The van der Waals surface area contributed by atoms with E-state index in [4.69, 9.17) is 9.47 Å². The highest BCUT2D eigenvalue weighted by Crippen LogP contribution is 2.25. The number of carbonyl (C=O) groups excluding carboxylic acids is 1. The van der Waals surface area contributed by atoms with Gasteiger partial charge in [0.1, 0.15) is 12.1 Å². The second-order valence-corrected chi connectivity index (χ2v) is 5.87. The lowest BCUT2D eigenvalue weighted by Gasteiger charge is -2.09. The SMILES string of the molecule is COc1ccc(CCNC(=O)COc2ncnc3ccc([N+](=O)[O-])cc23)cc1. The van der Waals surface area contributed by atoms with Crippen molar-refractivity contribution in [3.63, 3.8) is 0 Å². The predicted molar refractivity (Wildman–Crippen MR) is 101 cm³/mol. The van der Waals surface area contributed by atoms with Crippen molar-refractivity contribution in [3.05, 3.63) is 64.5 Å². The third-order valence-corrected chi connectivity index (χ3v) is 4.03. The van der Waals surface area contributed by atoms with Crippen molar-refractivity contribution < 1.29 is 19.2 Å². The molecule has 9 heteroatoms. The lowest BCUT2D eigenvalue weighted by molar-refractivity contribution is -0.384. The Balaban J connectivity index is 1.55. The summed E-state index contributed by atoms with van der Waals surface area (Å²) in [6.07, 6.45) is 1.95. The third-order valence-electron chi connectivity index (χ3n) is 4.03. The van der Waals surface area contributed by atoms with Crippen LogP contribution >= 0.6 is 0 Å². The summed E-state index contributed by atoms with van der Waals surface area (Å²) in [7, 11) is 1.61. The van der Waals surface area contributed by atoms with Crippen LogP contribution in [0.4, 0.5) is 5.69 Å². The number of nitrogens with zero attached hydrogens (tertiary/aromatic N) is 3. The molecule has 0 radical (unpaired) electrons. The number of carbonyl (C=O) groups is 1. The molecule has 1 aromatic heterocycles. The van der Waals surface area contributed by atoms with Crippen LogP contribution in [0.5, 0.6) is 11.6 Å². The molecule has 0 aliphatic heterocycles. The molecule has 0 saturated heterocycles. The number of ether oxygens (including phenoxy) is 2. The van der Waals surface area contributed by atoms with E-state index in [1.165, 1.54) is 24.5 Å². The van der Waals surface area contributed by atoms with Gasteiger partial charge in [0.05, 0.1) is 22.9 Å². The van der Waals surface area contributed by atoms with E-state index in [1.54, 1.807) is 7.11 Å². The van der Waals surface area contributed by atoms with Gasteiger partial charge in [-0.25, -0.2) is 9.97 Å². The number of hydrogen-bond donors (Lipinski definition) is 1. The Morgan fingerprint density at radius 1 is 1.18 bits per heavy atom. The Morgan fingerprint density at radius 2 is 1.96 bits per heavy atom. The summed E-state index contributed by atoms with van der Waals surface area (Å²) < 4.78 is 10.5. The maximum absolute atomic E-state index is 12.0. The van der Waals surface area contributed by atoms with Crippen molar-refractivity contribution in [2.45, 2.75) is 6.42 Å². The normalized spacial score (nSPS) is 10.5.